The van der Waals surface area contributed by atoms with Gasteiger partial charge in [-0.05, 0) is 41.1 Å². The van der Waals surface area contributed by atoms with Crippen molar-refractivity contribution in [3.63, 3.8) is 0 Å². The monoisotopic (exact) mass is 435 g/mol. The topological polar surface area (TPSA) is 37.8 Å². The fraction of sp³-hybridized carbons (Fsp3) is 0.467. The summed E-state index contributed by atoms with van der Waals surface area (Å²) in [5.74, 6) is 1.66. The van der Waals surface area contributed by atoms with Crippen LogP contribution in [0.1, 0.15) is 39.8 Å². The number of thiophene rings is 1. The van der Waals surface area contributed by atoms with Crippen LogP contribution in [-0.4, -0.2) is 16.5 Å². The molecule has 3 nitrogen and oxygen atoms in total. The highest BCUT2D eigenvalue weighted by Gasteiger charge is 2.23. The Bertz CT molecular complexity index is 634. The third kappa shape index (κ3) is 4.07. The van der Waals surface area contributed by atoms with E-state index in [0.717, 1.165) is 43.1 Å². The van der Waals surface area contributed by atoms with Gasteiger partial charge < -0.3 is 5.32 Å². The molecule has 0 atom stereocenters. The SMILES string of the molecule is CCCNc1nc(-c2ccc(Cl)s2)nc(C(C)(C)C)c1I. The lowest BCUT2D eigenvalue weighted by molar-refractivity contribution is 0.564. The molecule has 0 saturated heterocycles. The van der Waals surface area contributed by atoms with Crippen molar-refractivity contribution in [3.05, 3.63) is 25.7 Å². The van der Waals surface area contributed by atoms with E-state index < -0.39 is 0 Å². The molecule has 0 bridgehead atoms. The molecule has 0 unspecified atom stereocenters. The van der Waals surface area contributed by atoms with Gasteiger partial charge in [-0.15, -0.1) is 11.3 Å². The average Bonchev–Trinajstić information content (AvgIpc) is 2.83. The lowest BCUT2D eigenvalue weighted by atomic mass is 9.92. The van der Waals surface area contributed by atoms with E-state index in [1.807, 2.05) is 12.1 Å². The van der Waals surface area contributed by atoms with E-state index in [9.17, 15) is 0 Å². The fourth-order valence-electron chi connectivity index (χ4n) is 1.85. The molecular formula is C15H19ClIN3S. The van der Waals surface area contributed by atoms with Crippen molar-refractivity contribution in [1.29, 1.82) is 0 Å². The summed E-state index contributed by atoms with van der Waals surface area (Å²) in [5.41, 5.74) is 1.04. The summed E-state index contributed by atoms with van der Waals surface area (Å²) in [7, 11) is 0. The van der Waals surface area contributed by atoms with Crippen LogP contribution in [0, 0.1) is 3.57 Å². The van der Waals surface area contributed by atoms with Crippen LogP contribution in [0.3, 0.4) is 0 Å². The largest absolute Gasteiger partial charge is 0.369 e. The molecule has 0 radical (unpaired) electrons. The Balaban J connectivity index is 2.55. The van der Waals surface area contributed by atoms with Crippen LogP contribution in [0.15, 0.2) is 12.1 Å². The third-order valence-corrected chi connectivity index (χ3v) is 5.15. The normalized spacial score (nSPS) is 11.7. The zero-order chi connectivity index (χ0) is 15.6. The number of nitrogens with one attached hydrogen (secondary N) is 1. The molecule has 0 aliphatic heterocycles. The van der Waals surface area contributed by atoms with Crippen LogP contribution in [-0.2, 0) is 5.41 Å². The minimum Gasteiger partial charge on any atom is -0.369 e. The first kappa shape index (κ1) is 17.0. The summed E-state index contributed by atoms with van der Waals surface area (Å²) in [5, 5.41) is 3.41. The second-order valence-corrected chi connectivity index (χ2v) is 8.63. The standard InChI is InChI=1S/C15H19ClIN3S/c1-5-8-18-14-11(17)12(15(2,3)4)19-13(20-14)9-6-7-10(16)21-9/h6-7H,5,8H2,1-4H3,(H,18,19,20). The Morgan fingerprint density at radius 3 is 2.52 bits per heavy atom. The Morgan fingerprint density at radius 2 is 2.00 bits per heavy atom. The molecule has 2 heterocycles. The lowest BCUT2D eigenvalue weighted by Crippen LogP contribution is -2.19. The summed E-state index contributed by atoms with van der Waals surface area (Å²) in [6, 6.07) is 3.87. The van der Waals surface area contributed by atoms with Crippen molar-refractivity contribution in [3.8, 4) is 10.7 Å². The molecule has 1 N–H and O–H groups in total. The number of hydrogen-bond acceptors (Lipinski definition) is 4. The van der Waals surface area contributed by atoms with E-state index in [1.54, 1.807) is 0 Å². The minimum atomic E-state index is -0.0298. The summed E-state index contributed by atoms with van der Waals surface area (Å²) in [6.07, 6.45) is 1.06. The van der Waals surface area contributed by atoms with Crippen LogP contribution in [0.25, 0.3) is 10.7 Å². The molecule has 0 spiro atoms. The first-order valence-corrected chi connectivity index (χ1v) is 9.18. The predicted octanol–water partition coefficient (Wildman–Crippen LogP) is 5.58. The highest BCUT2D eigenvalue weighted by Crippen LogP contribution is 2.34. The number of halogens is 2. The maximum Gasteiger partial charge on any atom is 0.172 e. The second kappa shape index (κ2) is 6.79. The molecule has 0 amide bonds. The average molecular weight is 436 g/mol. The maximum atomic E-state index is 6.04. The van der Waals surface area contributed by atoms with Crippen molar-refractivity contribution < 1.29 is 0 Å². The number of anilines is 1. The van der Waals surface area contributed by atoms with Gasteiger partial charge in [0.05, 0.1) is 18.5 Å². The van der Waals surface area contributed by atoms with Gasteiger partial charge in [-0.3, -0.25) is 0 Å². The molecule has 2 rings (SSSR count). The van der Waals surface area contributed by atoms with Crippen LogP contribution >= 0.6 is 45.5 Å². The van der Waals surface area contributed by atoms with E-state index >= 15 is 0 Å². The van der Waals surface area contributed by atoms with Crippen LogP contribution in [0.2, 0.25) is 4.34 Å². The van der Waals surface area contributed by atoms with Crippen LogP contribution < -0.4 is 5.32 Å². The number of nitrogens with zero attached hydrogens (tertiary/aromatic N) is 2. The van der Waals surface area contributed by atoms with Crippen molar-refractivity contribution in [2.45, 2.75) is 39.5 Å². The van der Waals surface area contributed by atoms with E-state index in [-0.39, 0.29) is 5.41 Å². The number of hydrogen-bond donors (Lipinski definition) is 1. The molecule has 114 valence electrons. The van der Waals surface area contributed by atoms with Crippen LogP contribution in [0.5, 0.6) is 0 Å². The van der Waals surface area contributed by atoms with Gasteiger partial charge in [-0.2, -0.15) is 0 Å². The predicted molar refractivity (Wildman–Crippen MR) is 101 cm³/mol. The first-order valence-electron chi connectivity index (χ1n) is 6.90. The zero-order valence-corrected chi connectivity index (χ0v) is 16.4. The Kier molecular flexibility index (Phi) is 5.48. The highest BCUT2D eigenvalue weighted by molar-refractivity contribution is 14.1. The Labute approximate surface area is 148 Å². The van der Waals surface area contributed by atoms with Crippen molar-refractivity contribution >= 4 is 51.3 Å². The molecule has 0 aromatic carbocycles. The quantitative estimate of drug-likeness (QED) is 0.637. The number of aromatic nitrogens is 2. The van der Waals surface area contributed by atoms with Gasteiger partial charge in [0.25, 0.3) is 0 Å². The molecule has 0 fully saturated rings. The molecule has 2 aromatic rings. The summed E-state index contributed by atoms with van der Waals surface area (Å²) >= 11 is 9.89. The minimum absolute atomic E-state index is 0.0298. The van der Waals surface area contributed by atoms with E-state index in [2.05, 4.69) is 60.6 Å². The van der Waals surface area contributed by atoms with Crippen molar-refractivity contribution in [2.75, 3.05) is 11.9 Å². The highest BCUT2D eigenvalue weighted by atomic mass is 127. The van der Waals surface area contributed by atoms with Crippen molar-refractivity contribution in [2.24, 2.45) is 0 Å². The molecule has 0 aliphatic rings. The third-order valence-electron chi connectivity index (χ3n) is 2.90. The van der Waals surface area contributed by atoms with E-state index in [4.69, 9.17) is 16.6 Å². The lowest BCUT2D eigenvalue weighted by Gasteiger charge is -2.22. The molecule has 6 heteroatoms. The smallest absolute Gasteiger partial charge is 0.172 e. The van der Waals surface area contributed by atoms with E-state index in [0.29, 0.717) is 0 Å². The molecule has 2 aromatic heterocycles. The van der Waals surface area contributed by atoms with E-state index in [1.165, 1.54) is 11.3 Å². The van der Waals surface area contributed by atoms with Crippen LogP contribution in [0.4, 0.5) is 5.82 Å². The summed E-state index contributed by atoms with van der Waals surface area (Å²) in [6.45, 7) is 9.57. The van der Waals surface area contributed by atoms with Crippen molar-refractivity contribution in [1.82, 2.24) is 9.97 Å². The Hall–Kier alpha value is -0.400. The summed E-state index contributed by atoms with van der Waals surface area (Å²) in [4.78, 5) is 10.5. The molecular weight excluding hydrogens is 417 g/mol. The summed E-state index contributed by atoms with van der Waals surface area (Å²) < 4.78 is 1.85. The zero-order valence-electron chi connectivity index (χ0n) is 12.6. The second-order valence-electron chi connectivity index (χ2n) is 5.84. The molecule has 0 saturated carbocycles. The van der Waals surface area contributed by atoms with Gasteiger partial charge in [0.2, 0.25) is 0 Å². The maximum absolute atomic E-state index is 6.04. The van der Waals surface area contributed by atoms with Gasteiger partial charge in [-0.1, -0.05) is 39.3 Å². The van der Waals surface area contributed by atoms with Gasteiger partial charge in [-0.25, -0.2) is 9.97 Å². The fourth-order valence-corrected chi connectivity index (χ4v) is 4.07. The Morgan fingerprint density at radius 1 is 1.29 bits per heavy atom. The number of rotatable bonds is 4. The van der Waals surface area contributed by atoms with Gasteiger partial charge in [0, 0.05) is 12.0 Å². The first-order chi connectivity index (χ1) is 9.82. The van der Waals surface area contributed by atoms with Gasteiger partial charge in [0.15, 0.2) is 5.82 Å². The van der Waals surface area contributed by atoms with Gasteiger partial charge in [0.1, 0.15) is 5.82 Å². The molecule has 0 aliphatic carbocycles. The molecule has 21 heavy (non-hydrogen) atoms. The van der Waals surface area contributed by atoms with Gasteiger partial charge >= 0.3 is 0 Å².